The smallest absolute Gasteiger partial charge is 0.256 e. The predicted octanol–water partition coefficient (Wildman–Crippen LogP) is 1.86. The van der Waals surface area contributed by atoms with Gasteiger partial charge in [-0.1, -0.05) is 24.3 Å². The highest BCUT2D eigenvalue weighted by Gasteiger charge is 2.35. The SMILES string of the molecule is O=C(c1ccccc1F)N1CCN(C(=O)C2CC(c3ccc(F)cc3)NN2)CC1. The summed E-state index contributed by atoms with van der Waals surface area (Å²) in [5, 5.41) is 0. The molecular weight excluding hydrogens is 378 g/mol. The van der Waals surface area contributed by atoms with E-state index in [1.54, 1.807) is 34.1 Å². The summed E-state index contributed by atoms with van der Waals surface area (Å²) in [4.78, 5) is 28.6. The molecule has 2 aliphatic heterocycles. The topological polar surface area (TPSA) is 64.7 Å². The van der Waals surface area contributed by atoms with E-state index < -0.39 is 5.82 Å². The highest BCUT2D eigenvalue weighted by molar-refractivity contribution is 5.94. The Kier molecular flexibility index (Phi) is 5.55. The van der Waals surface area contributed by atoms with Crippen LogP contribution in [0, 0.1) is 11.6 Å². The Morgan fingerprint density at radius 1 is 0.862 bits per heavy atom. The van der Waals surface area contributed by atoms with Crippen molar-refractivity contribution >= 4 is 11.8 Å². The first-order valence-electron chi connectivity index (χ1n) is 9.62. The summed E-state index contributed by atoms with van der Waals surface area (Å²) in [6, 6.07) is 11.7. The second kappa shape index (κ2) is 8.26. The molecule has 0 saturated carbocycles. The van der Waals surface area contributed by atoms with Crippen LogP contribution in [0.4, 0.5) is 8.78 Å². The van der Waals surface area contributed by atoms with Crippen molar-refractivity contribution in [3.05, 3.63) is 71.3 Å². The number of piperazine rings is 1. The van der Waals surface area contributed by atoms with E-state index in [0.29, 0.717) is 32.6 Å². The van der Waals surface area contributed by atoms with E-state index in [4.69, 9.17) is 0 Å². The maximum absolute atomic E-state index is 13.9. The van der Waals surface area contributed by atoms with Crippen molar-refractivity contribution in [3.8, 4) is 0 Å². The minimum Gasteiger partial charge on any atom is -0.338 e. The van der Waals surface area contributed by atoms with Gasteiger partial charge in [-0.2, -0.15) is 0 Å². The first-order chi connectivity index (χ1) is 14.0. The maximum atomic E-state index is 13.9. The molecule has 0 spiro atoms. The molecule has 2 fully saturated rings. The number of hydrazine groups is 1. The lowest BCUT2D eigenvalue weighted by Crippen LogP contribution is -2.54. The monoisotopic (exact) mass is 400 g/mol. The highest BCUT2D eigenvalue weighted by atomic mass is 19.1. The van der Waals surface area contributed by atoms with Gasteiger partial charge in [-0.15, -0.1) is 0 Å². The molecule has 152 valence electrons. The molecule has 29 heavy (non-hydrogen) atoms. The van der Waals surface area contributed by atoms with Gasteiger partial charge in [0.2, 0.25) is 5.91 Å². The molecule has 2 unspecified atom stereocenters. The van der Waals surface area contributed by atoms with E-state index in [1.807, 2.05) is 0 Å². The van der Waals surface area contributed by atoms with Crippen LogP contribution in [0.1, 0.15) is 28.4 Å². The molecule has 2 aliphatic rings. The van der Waals surface area contributed by atoms with E-state index in [9.17, 15) is 18.4 Å². The molecule has 4 rings (SSSR count). The first-order valence-corrected chi connectivity index (χ1v) is 9.62. The largest absolute Gasteiger partial charge is 0.338 e. The number of benzene rings is 2. The number of amides is 2. The van der Waals surface area contributed by atoms with Crippen LogP contribution in [0.2, 0.25) is 0 Å². The number of carbonyl (C=O) groups is 2. The zero-order valence-corrected chi connectivity index (χ0v) is 15.8. The van der Waals surface area contributed by atoms with Gasteiger partial charge in [0.05, 0.1) is 5.56 Å². The van der Waals surface area contributed by atoms with Gasteiger partial charge in [0.15, 0.2) is 0 Å². The summed E-state index contributed by atoms with van der Waals surface area (Å²) in [5.74, 6) is -1.23. The van der Waals surface area contributed by atoms with E-state index >= 15 is 0 Å². The summed E-state index contributed by atoms with van der Waals surface area (Å²) in [6.07, 6.45) is 0.554. The van der Waals surface area contributed by atoms with Crippen LogP contribution in [0.25, 0.3) is 0 Å². The van der Waals surface area contributed by atoms with Crippen molar-refractivity contribution in [2.45, 2.75) is 18.5 Å². The molecule has 2 saturated heterocycles. The average molecular weight is 400 g/mol. The lowest BCUT2D eigenvalue weighted by atomic mass is 10.0. The standard InChI is InChI=1S/C21H22F2N4O2/c22-15-7-5-14(6-8-15)18-13-19(25-24-18)21(29)27-11-9-26(10-12-27)20(28)16-3-1-2-4-17(16)23/h1-8,18-19,24-25H,9-13H2. The van der Waals surface area contributed by atoms with Crippen LogP contribution in [0.5, 0.6) is 0 Å². The minimum absolute atomic E-state index is 0.0416. The van der Waals surface area contributed by atoms with E-state index in [0.717, 1.165) is 5.56 Å². The second-order valence-corrected chi connectivity index (χ2v) is 7.28. The maximum Gasteiger partial charge on any atom is 0.256 e. The van der Waals surface area contributed by atoms with Gasteiger partial charge in [0.1, 0.15) is 17.7 Å². The third-order valence-electron chi connectivity index (χ3n) is 5.46. The van der Waals surface area contributed by atoms with Gasteiger partial charge in [-0.05, 0) is 36.2 Å². The van der Waals surface area contributed by atoms with Gasteiger partial charge in [-0.25, -0.2) is 19.6 Å². The Balaban J connectivity index is 1.32. The lowest BCUT2D eigenvalue weighted by molar-refractivity contribution is -0.134. The summed E-state index contributed by atoms with van der Waals surface area (Å²) in [7, 11) is 0. The third-order valence-corrected chi connectivity index (χ3v) is 5.46. The van der Waals surface area contributed by atoms with Crippen molar-refractivity contribution in [3.63, 3.8) is 0 Å². The normalized spacial score (nSPS) is 22.0. The van der Waals surface area contributed by atoms with E-state index in [-0.39, 0.29) is 35.3 Å². The molecular formula is C21H22F2N4O2. The van der Waals surface area contributed by atoms with Crippen LogP contribution in [0.3, 0.4) is 0 Å². The summed E-state index contributed by atoms with van der Waals surface area (Å²) >= 11 is 0. The number of nitrogens with zero attached hydrogens (tertiary/aromatic N) is 2. The quantitative estimate of drug-likeness (QED) is 0.826. The fourth-order valence-corrected chi connectivity index (χ4v) is 3.79. The average Bonchev–Trinajstić information content (AvgIpc) is 3.24. The Labute approximate surface area is 167 Å². The molecule has 0 aromatic heterocycles. The van der Waals surface area contributed by atoms with Gasteiger partial charge in [0.25, 0.3) is 5.91 Å². The summed E-state index contributed by atoms with van der Waals surface area (Å²) in [6.45, 7) is 1.53. The summed E-state index contributed by atoms with van der Waals surface area (Å²) < 4.78 is 26.9. The molecule has 2 heterocycles. The van der Waals surface area contributed by atoms with E-state index in [2.05, 4.69) is 10.9 Å². The zero-order valence-electron chi connectivity index (χ0n) is 15.8. The lowest BCUT2D eigenvalue weighted by Gasteiger charge is -2.36. The number of hydrogen-bond acceptors (Lipinski definition) is 4. The number of halogens is 2. The van der Waals surface area contributed by atoms with E-state index in [1.165, 1.54) is 24.3 Å². The molecule has 0 aliphatic carbocycles. The number of carbonyl (C=O) groups excluding carboxylic acids is 2. The van der Waals surface area contributed by atoms with Gasteiger partial charge >= 0.3 is 0 Å². The van der Waals surface area contributed by atoms with Crippen LogP contribution in [-0.2, 0) is 4.79 Å². The molecule has 8 heteroatoms. The molecule has 6 nitrogen and oxygen atoms in total. The van der Waals surface area contributed by atoms with Crippen molar-refractivity contribution < 1.29 is 18.4 Å². The second-order valence-electron chi connectivity index (χ2n) is 7.28. The molecule has 2 N–H and O–H groups in total. The summed E-state index contributed by atoms with van der Waals surface area (Å²) in [5.41, 5.74) is 7.07. The zero-order chi connectivity index (χ0) is 20.4. The Morgan fingerprint density at radius 3 is 2.21 bits per heavy atom. The molecule has 2 amide bonds. The van der Waals surface area contributed by atoms with Crippen molar-refractivity contribution in [2.75, 3.05) is 26.2 Å². The van der Waals surface area contributed by atoms with Crippen molar-refractivity contribution in [2.24, 2.45) is 0 Å². The van der Waals surface area contributed by atoms with Crippen LogP contribution in [-0.4, -0.2) is 53.8 Å². The highest BCUT2D eigenvalue weighted by Crippen LogP contribution is 2.24. The molecule has 0 bridgehead atoms. The van der Waals surface area contributed by atoms with Crippen LogP contribution >= 0.6 is 0 Å². The minimum atomic E-state index is -0.538. The fourth-order valence-electron chi connectivity index (χ4n) is 3.79. The van der Waals surface area contributed by atoms with Gasteiger partial charge in [-0.3, -0.25) is 9.59 Å². The molecule has 0 radical (unpaired) electrons. The fraction of sp³-hybridized carbons (Fsp3) is 0.333. The van der Waals surface area contributed by atoms with Gasteiger partial charge in [0, 0.05) is 32.2 Å². The Hall–Kier alpha value is -2.84. The van der Waals surface area contributed by atoms with Crippen LogP contribution in [0.15, 0.2) is 48.5 Å². The molecule has 2 aromatic rings. The first kappa shape index (κ1) is 19.5. The third kappa shape index (κ3) is 4.13. The van der Waals surface area contributed by atoms with Crippen molar-refractivity contribution in [1.82, 2.24) is 20.7 Å². The number of hydrogen-bond donors (Lipinski definition) is 2. The van der Waals surface area contributed by atoms with Gasteiger partial charge < -0.3 is 9.80 Å². The predicted molar refractivity (Wildman–Crippen MR) is 103 cm³/mol. The van der Waals surface area contributed by atoms with Crippen LogP contribution < -0.4 is 10.9 Å². The number of nitrogens with one attached hydrogen (secondary N) is 2. The Bertz CT molecular complexity index is 898. The van der Waals surface area contributed by atoms with Crippen molar-refractivity contribution in [1.29, 1.82) is 0 Å². The Morgan fingerprint density at radius 2 is 1.52 bits per heavy atom. The molecule has 2 aromatic carbocycles. The number of rotatable bonds is 3. The molecule has 2 atom stereocenters.